The number of carbonyl (C=O) groups excluding carboxylic acids is 1. The SMILES string of the molecule is CSc1ccc(C2C(C(=O)Nc3ccccc3)=C(C)Nc3nc(SCc4ccc(Cl)cc4)nn32)cc1. The van der Waals surface area contributed by atoms with Crippen molar-refractivity contribution in [2.24, 2.45) is 0 Å². The molecule has 4 aromatic rings. The van der Waals surface area contributed by atoms with Gasteiger partial charge >= 0.3 is 0 Å². The van der Waals surface area contributed by atoms with Crippen LogP contribution in [0, 0.1) is 0 Å². The van der Waals surface area contributed by atoms with Crippen LogP contribution in [0.1, 0.15) is 24.1 Å². The molecule has 182 valence electrons. The van der Waals surface area contributed by atoms with Crippen LogP contribution in [0.4, 0.5) is 11.6 Å². The maximum Gasteiger partial charge on any atom is 0.255 e. The van der Waals surface area contributed by atoms with Gasteiger partial charge < -0.3 is 10.6 Å². The van der Waals surface area contributed by atoms with E-state index in [0.717, 1.165) is 27.4 Å². The van der Waals surface area contributed by atoms with Crippen LogP contribution < -0.4 is 10.6 Å². The second-order valence-corrected chi connectivity index (χ2v) is 10.5. The molecule has 1 aromatic heterocycles. The number of nitrogens with zero attached hydrogens (tertiary/aromatic N) is 3. The number of allylic oxidation sites excluding steroid dienone is 1. The van der Waals surface area contributed by atoms with Crippen molar-refractivity contribution in [3.8, 4) is 0 Å². The Labute approximate surface area is 223 Å². The largest absolute Gasteiger partial charge is 0.328 e. The fourth-order valence-electron chi connectivity index (χ4n) is 4.03. The van der Waals surface area contributed by atoms with Crippen molar-refractivity contribution in [3.05, 3.63) is 106 Å². The lowest BCUT2D eigenvalue weighted by Crippen LogP contribution is -2.31. The molecular formula is C27H24ClN5OS2. The number of rotatable bonds is 7. The fourth-order valence-corrected chi connectivity index (χ4v) is 5.35. The molecule has 0 fully saturated rings. The number of carbonyl (C=O) groups is 1. The summed E-state index contributed by atoms with van der Waals surface area (Å²) < 4.78 is 1.81. The van der Waals surface area contributed by atoms with Gasteiger partial charge in [-0.25, -0.2) is 4.68 Å². The number of anilines is 2. The number of nitrogens with one attached hydrogen (secondary N) is 2. The van der Waals surface area contributed by atoms with Crippen molar-refractivity contribution >= 4 is 52.7 Å². The van der Waals surface area contributed by atoms with E-state index >= 15 is 0 Å². The molecule has 0 spiro atoms. The van der Waals surface area contributed by atoms with Crippen molar-refractivity contribution in [1.82, 2.24) is 14.8 Å². The summed E-state index contributed by atoms with van der Waals surface area (Å²) in [6, 6.07) is 25.0. The molecular weight excluding hydrogens is 510 g/mol. The van der Waals surface area contributed by atoms with Gasteiger partial charge in [0.15, 0.2) is 0 Å². The van der Waals surface area contributed by atoms with E-state index < -0.39 is 6.04 Å². The van der Waals surface area contributed by atoms with Crippen LogP contribution in [0.15, 0.2) is 100 Å². The van der Waals surface area contributed by atoms with Crippen LogP contribution in [0.5, 0.6) is 0 Å². The van der Waals surface area contributed by atoms with Gasteiger partial charge in [-0.1, -0.05) is 65.8 Å². The van der Waals surface area contributed by atoms with Crippen LogP contribution in [-0.4, -0.2) is 26.9 Å². The van der Waals surface area contributed by atoms with Gasteiger partial charge in [-0.05, 0) is 60.7 Å². The Morgan fingerprint density at radius 3 is 2.47 bits per heavy atom. The van der Waals surface area contributed by atoms with Crippen molar-refractivity contribution in [2.75, 3.05) is 16.9 Å². The zero-order chi connectivity index (χ0) is 25.1. The van der Waals surface area contributed by atoms with E-state index in [-0.39, 0.29) is 5.91 Å². The maximum absolute atomic E-state index is 13.5. The lowest BCUT2D eigenvalue weighted by molar-refractivity contribution is -0.113. The Morgan fingerprint density at radius 2 is 1.78 bits per heavy atom. The number of hydrogen-bond acceptors (Lipinski definition) is 6. The van der Waals surface area contributed by atoms with Crippen LogP contribution in [-0.2, 0) is 10.5 Å². The average Bonchev–Trinajstić information content (AvgIpc) is 3.30. The molecule has 1 aliphatic rings. The van der Waals surface area contributed by atoms with E-state index in [1.807, 2.05) is 72.5 Å². The monoisotopic (exact) mass is 533 g/mol. The van der Waals surface area contributed by atoms with E-state index in [4.69, 9.17) is 21.7 Å². The number of aromatic nitrogens is 3. The first kappa shape index (κ1) is 24.5. The predicted octanol–water partition coefficient (Wildman–Crippen LogP) is 6.87. The normalized spacial score (nSPS) is 14.8. The smallest absolute Gasteiger partial charge is 0.255 e. The van der Waals surface area contributed by atoms with Gasteiger partial charge in [0.2, 0.25) is 11.1 Å². The van der Waals surface area contributed by atoms with Crippen molar-refractivity contribution in [1.29, 1.82) is 0 Å². The van der Waals surface area contributed by atoms with Crippen LogP contribution >= 0.6 is 35.1 Å². The van der Waals surface area contributed by atoms with Crippen LogP contribution in [0.3, 0.4) is 0 Å². The van der Waals surface area contributed by atoms with E-state index in [1.54, 1.807) is 23.5 Å². The third-order valence-corrected chi connectivity index (χ3v) is 7.73. The minimum Gasteiger partial charge on any atom is -0.328 e. The van der Waals surface area contributed by atoms with Gasteiger partial charge in [0.05, 0.1) is 5.57 Å². The molecule has 36 heavy (non-hydrogen) atoms. The highest BCUT2D eigenvalue weighted by atomic mass is 35.5. The molecule has 2 heterocycles. The first-order chi connectivity index (χ1) is 17.5. The molecule has 6 nitrogen and oxygen atoms in total. The summed E-state index contributed by atoms with van der Waals surface area (Å²) in [5, 5.41) is 12.5. The average molecular weight is 534 g/mol. The number of amides is 1. The van der Waals surface area contributed by atoms with Crippen molar-refractivity contribution in [3.63, 3.8) is 0 Å². The Kier molecular flexibility index (Phi) is 7.36. The fraction of sp³-hybridized carbons (Fsp3) is 0.148. The molecule has 0 saturated carbocycles. The van der Waals surface area contributed by atoms with Gasteiger partial charge in [0.1, 0.15) is 6.04 Å². The van der Waals surface area contributed by atoms with Crippen molar-refractivity contribution in [2.45, 2.75) is 28.8 Å². The topological polar surface area (TPSA) is 71.8 Å². The van der Waals surface area contributed by atoms with Gasteiger partial charge in [-0.2, -0.15) is 4.98 Å². The maximum atomic E-state index is 13.5. The molecule has 0 aliphatic carbocycles. The highest BCUT2D eigenvalue weighted by molar-refractivity contribution is 7.98. The molecule has 1 amide bonds. The molecule has 0 saturated heterocycles. The van der Waals surface area contributed by atoms with E-state index in [9.17, 15) is 4.79 Å². The Hall–Kier alpha value is -3.20. The number of fused-ring (bicyclic) bond motifs is 1. The molecule has 2 N–H and O–H groups in total. The minimum absolute atomic E-state index is 0.179. The van der Waals surface area contributed by atoms with Crippen LogP contribution in [0.2, 0.25) is 5.02 Å². The summed E-state index contributed by atoms with van der Waals surface area (Å²) in [5.74, 6) is 1.14. The molecule has 1 atom stereocenters. The first-order valence-electron chi connectivity index (χ1n) is 11.3. The number of benzene rings is 3. The summed E-state index contributed by atoms with van der Waals surface area (Å²) in [4.78, 5) is 19.4. The quantitative estimate of drug-likeness (QED) is 0.252. The lowest BCUT2D eigenvalue weighted by atomic mass is 9.95. The Bertz CT molecular complexity index is 1400. The third-order valence-electron chi connectivity index (χ3n) is 5.82. The predicted molar refractivity (Wildman–Crippen MR) is 149 cm³/mol. The van der Waals surface area contributed by atoms with Gasteiger partial charge in [0.25, 0.3) is 5.91 Å². The summed E-state index contributed by atoms with van der Waals surface area (Å²) in [6.45, 7) is 1.90. The number of para-hydroxylation sites is 1. The highest BCUT2D eigenvalue weighted by Gasteiger charge is 2.34. The van der Waals surface area contributed by atoms with Gasteiger partial charge in [-0.15, -0.1) is 16.9 Å². The number of halogens is 1. The van der Waals surface area contributed by atoms with Gasteiger partial charge in [-0.3, -0.25) is 4.79 Å². The molecule has 5 rings (SSSR count). The second-order valence-electron chi connectivity index (χ2n) is 8.24. The molecule has 1 unspecified atom stereocenters. The molecule has 3 aromatic carbocycles. The summed E-state index contributed by atoms with van der Waals surface area (Å²) in [7, 11) is 0. The zero-order valence-electron chi connectivity index (χ0n) is 19.7. The van der Waals surface area contributed by atoms with Gasteiger partial charge in [0, 0.05) is 27.1 Å². The number of hydrogen-bond donors (Lipinski definition) is 2. The second kappa shape index (κ2) is 10.8. The first-order valence-corrected chi connectivity index (χ1v) is 13.9. The van der Waals surface area contributed by atoms with Crippen LogP contribution in [0.25, 0.3) is 0 Å². The summed E-state index contributed by atoms with van der Waals surface area (Å²) in [6.07, 6.45) is 2.04. The number of thioether (sulfide) groups is 2. The standard InChI is InChI=1S/C27H24ClN5OS2/c1-17-23(25(34)30-21-6-4-3-5-7-21)24(19-10-14-22(35-2)15-11-19)33-26(29-17)31-27(32-33)36-16-18-8-12-20(28)13-9-18/h3-15,24H,16H2,1-2H3,(H,30,34)(H,29,31,32). The Morgan fingerprint density at radius 1 is 1.06 bits per heavy atom. The summed E-state index contributed by atoms with van der Waals surface area (Å²) >= 11 is 9.23. The molecule has 9 heteroatoms. The zero-order valence-corrected chi connectivity index (χ0v) is 22.1. The minimum atomic E-state index is -0.418. The van der Waals surface area contributed by atoms with E-state index in [2.05, 4.69) is 34.9 Å². The highest BCUT2D eigenvalue weighted by Crippen LogP contribution is 2.37. The summed E-state index contributed by atoms with van der Waals surface area (Å²) in [5.41, 5.74) is 4.18. The lowest BCUT2D eigenvalue weighted by Gasteiger charge is -2.28. The molecule has 0 radical (unpaired) electrons. The van der Waals surface area contributed by atoms with E-state index in [1.165, 1.54) is 0 Å². The molecule has 1 aliphatic heterocycles. The molecule has 0 bridgehead atoms. The van der Waals surface area contributed by atoms with E-state index in [0.29, 0.717) is 27.5 Å². The van der Waals surface area contributed by atoms with Crippen molar-refractivity contribution < 1.29 is 4.79 Å². The Balaban J connectivity index is 1.48. The third kappa shape index (κ3) is 5.31.